The van der Waals surface area contributed by atoms with Crippen LogP contribution in [0.1, 0.15) is 49.4 Å². The number of nitrogens with zero attached hydrogens (tertiary/aromatic N) is 3. The van der Waals surface area contributed by atoms with Gasteiger partial charge < -0.3 is 5.11 Å². The maximum absolute atomic E-state index is 9.84. The second kappa shape index (κ2) is 4.37. The molecule has 0 aromatic carbocycles. The van der Waals surface area contributed by atoms with Crippen LogP contribution in [0.4, 0.5) is 0 Å². The number of thioether (sulfide) groups is 1. The Morgan fingerprint density at radius 1 is 1.31 bits per heavy atom. The summed E-state index contributed by atoms with van der Waals surface area (Å²) in [5.74, 6) is 4.66. The van der Waals surface area contributed by atoms with E-state index in [9.17, 15) is 5.11 Å². The van der Waals surface area contributed by atoms with Gasteiger partial charge in [-0.05, 0) is 31.4 Å². The molecule has 5 heteroatoms. The number of rotatable bonds is 1. The van der Waals surface area contributed by atoms with E-state index in [-0.39, 0.29) is 0 Å². The predicted octanol–water partition coefficient (Wildman–Crippen LogP) is 1.72. The molecule has 0 amide bonds. The van der Waals surface area contributed by atoms with Crippen LogP contribution in [0, 0.1) is 0 Å². The van der Waals surface area contributed by atoms with Crippen molar-refractivity contribution in [1.29, 1.82) is 0 Å². The fourth-order valence-corrected chi connectivity index (χ4v) is 3.60. The number of hydrogen-bond acceptors (Lipinski definition) is 4. The number of fused-ring (bicyclic) bond motifs is 1. The van der Waals surface area contributed by atoms with Crippen molar-refractivity contribution in [2.45, 2.75) is 44.2 Å². The Morgan fingerprint density at radius 3 is 3.00 bits per heavy atom. The van der Waals surface area contributed by atoms with E-state index in [1.807, 2.05) is 16.4 Å². The molecule has 3 heterocycles. The van der Waals surface area contributed by atoms with Gasteiger partial charge >= 0.3 is 0 Å². The summed E-state index contributed by atoms with van der Waals surface area (Å²) in [7, 11) is 0. The van der Waals surface area contributed by atoms with Gasteiger partial charge in [-0.1, -0.05) is 0 Å². The van der Waals surface area contributed by atoms with Gasteiger partial charge in [-0.2, -0.15) is 16.9 Å². The van der Waals surface area contributed by atoms with Gasteiger partial charge in [0.2, 0.25) is 0 Å². The number of aliphatic hydroxyl groups is 1. The first-order valence-electron chi connectivity index (χ1n) is 6.05. The average Bonchev–Trinajstić information content (AvgIpc) is 2.76. The number of hydrogen-bond donors (Lipinski definition) is 1. The smallest absolute Gasteiger partial charge is 0.156 e. The van der Waals surface area contributed by atoms with E-state index < -0.39 is 6.10 Å². The van der Waals surface area contributed by atoms with Crippen LogP contribution in [-0.4, -0.2) is 31.4 Å². The second-order valence-corrected chi connectivity index (χ2v) is 5.77. The van der Waals surface area contributed by atoms with Crippen molar-refractivity contribution in [3.63, 3.8) is 0 Å². The summed E-state index contributed by atoms with van der Waals surface area (Å²) in [5.41, 5.74) is 0. The highest BCUT2D eigenvalue weighted by Gasteiger charge is 2.26. The standard InChI is InChI=1S/C11H17N3OS/c15-9-4-1-5-14-11(9)12-10(13-14)8-3-2-6-16-7-8/h8-9,15H,1-7H2. The zero-order valence-electron chi connectivity index (χ0n) is 9.30. The fraction of sp³-hybridized carbons (Fsp3) is 0.818. The van der Waals surface area contributed by atoms with Gasteiger partial charge in [0.15, 0.2) is 11.6 Å². The lowest BCUT2D eigenvalue weighted by atomic mass is 10.1. The molecule has 1 aromatic rings. The molecule has 0 saturated carbocycles. The Bertz CT molecular complexity index is 373. The monoisotopic (exact) mass is 239 g/mol. The van der Waals surface area contributed by atoms with Crippen molar-refractivity contribution in [3.8, 4) is 0 Å². The predicted molar refractivity (Wildman–Crippen MR) is 63.5 cm³/mol. The number of aromatic nitrogens is 3. The van der Waals surface area contributed by atoms with Gasteiger partial charge in [0.25, 0.3) is 0 Å². The van der Waals surface area contributed by atoms with Crippen LogP contribution in [0.2, 0.25) is 0 Å². The summed E-state index contributed by atoms with van der Waals surface area (Å²) in [6.07, 6.45) is 3.91. The molecule has 1 N–H and O–H groups in total. The first-order valence-corrected chi connectivity index (χ1v) is 7.20. The van der Waals surface area contributed by atoms with Crippen molar-refractivity contribution in [2.75, 3.05) is 11.5 Å². The van der Waals surface area contributed by atoms with Gasteiger partial charge in [-0.3, -0.25) is 0 Å². The average molecular weight is 239 g/mol. The zero-order valence-corrected chi connectivity index (χ0v) is 10.1. The number of aliphatic hydroxyl groups excluding tert-OH is 1. The quantitative estimate of drug-likeness (QED) is 0.810. The minimum Gasteiger partial charge on any atom is -0.385 e. The van der Waals surface area contributed by atoms with Crippen molar-refractivity contribution in [3.05, 3.63) is 11.6 Å². The molecule has 88 valence electrons. The Hall–Kier alpha value is -0.550. The molecule has 1 saturated heterocycles. The molecule has 4 nitrogen and oxygen atoms in total. The highest BCUT2D eigenvalue weighted by Crippen LogP contribution is 2.31. The topological polar surface area (TPSA) is 50.9 Å². The Morgan fingerprint density at radius 2 is 2.25 bits per heavy atom. The normalized spacial score (nSPS) is 30.1. The van der Waals surface area contributed by atoms with Crippen LogP contribution < -0.4 is 0 Å². The molecular weight excluding hydrogens is 222 g/mol. The van der Waals surface area contributed by atoms with Crippen molar-refractivity contribution < 1.29 is 5.11 Å². The molecule has 3 rings (SSSR count). The summed E-state index contributed by atoms with van der Waals surface area (Å²) in [6.45, 7) is 0.916. The molecular formula is C11H17N3OS. The van der Waals surface area contributed by atoms with Gasteiger partial charge in [0.05, 0.1) is 0 Å². The molecule has 0 radical (unpaired) electrons. The molecule has 0 spiro atoms. The summed E-state index contributed by atoms with van der Waals surface area (Å²) in [6, 6.07) is 0. The van der Waals surface area contributed by atoms with Crippen molar-refractivity contribution >= 4 is 11.8 Å². The highest BCUT2D eigenvalue weighted by atomic mass is 32.2. The molecule has 2 unspecified atom stereocenters. The van der Waals surface area contributed by atoms with E-state index in [0.717, 1.165) is 36.8 Å². The third-order valence-electron chi connectivity index (χ3n) is 3.39. The molecule has 0 bridgehead atoms. The molecule has 0 aliphatic carbocycles. The summed E-state index contributed by atoms with van der Waals surface area (Å²) in [5, 5.41) is 14.4. The van der Waals surface area contributed by atoms with Crippen LogP contribution in [0.3, 0.4) is 0 Å². The molecule has 2 aliphatic rings. The third kappa shape index (κ3) is 1.86. The van der Waals surface area contributed by atoms with Gasteiger partial charge in [-0.25, -0.2) is 9.67 Å². The minimum absolute atomic E-state index is 0.397. The zero-order chi connectivity index (χ0) is 11.0. The van der Waals surface area contributed by atoms with Crippen molar-refractivity contribution in [2.24, 2.45) is 0 Å². The molecule has 16 heavy (non-hydrogen) atoms. The van der Waals surface area contributed by atoms with Gasteiger partial charge in [0, 0.05) is 18.2 Å². The van der Waals surface area contributed by atoms with E-state index in [4.69, 9.17) is 0 Å². The van der Waals surface area contributed by atoms with Crippen LogP contribution in [0.25, 0.3) is 0 Å². The van der Waals surface area contributed by atoms with E-state index in [2.05, 4.69) is 10.1 Å². The molecule has 2 aliphatic heterocycles. The summed E-state index contributed by atoms with van der Waals surface area (Å²) >= 11 is 1.99. The molecule has 1 aromatic heterocycles. The summed E-state index contributed by atoms with van der Waals surface area (Å²) < 4.78 is 1.91. The molecule has 1 fully saturated rings. The van der Waals surface area contributed by atoms with Crippen molar-refractivity contribution in [1.82, 2.24) is 14.8 Å². The third-order valence-corrected chi connectivity index (χ3v) is 4.60. The Labute approximate surface area is 99.4 Å². The highest BCUT2D eigenvalue weighted by molar-refractivity contribution is 7.99. The van der Waals surface area contributed by atoms with Crippen LogP contribution in [0.15, 0.2) is 0 Å². The second-order valence-electron chi connectivity index (χ2n) is 4.62. The van der Waals surface area contributed by atoms with E-state index in [1.54, 1.807) is 0 Å². The lowest BCUT2D eigenvalue weighted by molar-refractivity contribution is 0.130. The first-order chi connectivity index (χ1) is 7.84. The number of aryl methyl sites for hydroxylation is 1. The van der Waals surface area contributed by atoms with Crippen LogP contribution in [0.5, 0.6) is 0 Å². The Balaban J connectivity index is 1.85. The van der Waals surface area contributed by atoms with E-state index >= 15 is 0 Å². The minimum atomic E-state index is -0.397. The fourth-order valence-electron chi connectivity index (χ4n) is 2.46. The molecule has 2 atom stereocenters. The lowest BCUT2D eigenvalue weighted by Crippen LogP contribution is -2.16. The Kier molecular flexibility index (Phi) is 2.90. The van der Waals surface area contributed by atoms with Crippen LogP contribution >= 0.6 is 11.8 Å². The first kappa shape index (κ1) is 10.6. The van der Waals surface area contributed by atoms with Gasteiger partial charge in [-0.15, -0.1) is 0 Å². The largest absolute Gasteiger partial charge is 0.385 e. The summed E-state index contributed by atoms with van der Waals surface area (Å²) in [4.78, 5) is 4.54. The maximum Gasteiger partial charge on any atom is 0.156 e. The SMILES string of the molecule is OC1CCCn2nc(C3CCCSC3)nc21. The van der Waals surface area contributed by atoms with Crippen LogP contribution in [-0.2, 0) is 6.54 Å². The lowest BCUT2D eigenvalue weighted by Gasteiger charge is -2.17. The van der Waals surface area contributed by atoms with E-state index in [0.29, 0.717) is 5.92 Å². The van der Waals surface area contributed by atoms with Gasteiger partial charge in [0.1, 0.15) is 6.10 Å². The maximum atomic E-state index is 9.84. The van der Waals surface area contributed by atoms with E-state index in [1.165, 1.54) is 18.6 Å².